The van der Waals surface area contributed by atoms with Crippen molar-refractivity contribution in [3.63, 3.8) is 0 Å². The lowest BCUT2D eigenvalue weighted by Crippen LogP contribution is -2.14. The second-order valence-electron chi connectivity index (χ2n) is 6.27. The number of benzene rings is 3. The molecule has 0 radical (unpaired) electrons. The number of nitrogens with one attached hydrogen (secondary N) is 1. The molecule has 0 atom stereocenters. The highest BCUT2D eigenvalue weighted by Crippen LogP contribution is 2.23. The molecule has 0 saturated carbocycles. The first-order valence-corrected chi connectivity index (χ1v) is 9.23. The lowest BCUT2D eigenvalue weighted by molar-refractivity contribution is -0.384. The Bertz CT molecular complexity index is 1220. The molecule has 1 N–H and O–H groups in total. The maximum absolute atomic E-state index is 12.7. The molecular formula is C21H14ClN5O3. The first-order valence-electron chi connectivity index (χ1n) is 8.85. The Balaban J connectivity index is 1.72. The summed E-state index contributed by atoms with van der Waals surface area (Å²) in [5, 5.41) is 18.5. The van der Waals surface area contributed by atoms with Crippen LogP contribution in [-0.2, 0) is 0 Å². The number of nitro groups is 1. The Morgan fingerprint density at radius 2 is 1.73 bits per heavy atom. The zero-order chi connectivity index (χ0) is 21.1. The van der Waals surface area contributed by atoms with Crippen LogP contribution in [0.1, 0.15) is 10.6 Å². The summed E-state index contributed by atoms with van der Waals surface area (Å²) < 4.78 is 1.55. The van der Waals surface area contributed by atoms with Gasteiger partial charge in [-0.05, 0) is 30.3 Å². The molecule has 9 heteroatoms. The Hall–Kier alpha value is -4.04. The number of rotatable bonds is 5. The van der Waals surface area contributed by atoms with E-state index >= 15 is 0 Å². The van der Waals surface area contributed by atoms with Crippen LogP contribution in [-0.4, -0.2) is 25.6 Å². The molecule has 0 aliphatic carbocycles. The summed E-state index contributed by atoms with van der Waals surface area (Å²) in [6.45, 7) is 0. The molecule has 1 aromatic heterocycles. The van der Waals surface area contributed by atoms with Crippen molar-refractivity contribution >= 4 is 28.9 Å². The molecule has 1 heterocycles. The molecule has 3 aromatic carbocycles. The first kappa shape index (κ1) is 19.3. The minimum atomic E-state index is -0.583. The van der Waals surface area contributed by atoms with Crippen LogP contribution in [0, 0.1) is 10.1 Å². The van der Waals surface area contributed by atoms with Gasteiger partial charge in [-0.15, -0.1) is 5.10 Å². The van der Waals surface area contributed by atoms with Gasteiger partial charge in [-0.3, -0.25) is 14.9 Å². The van der Waals surface area contributed by atoms with Crippen LogP contribution in [0.25, 0.3) is 17.1 Å². The number of nitrogens with zero attached hydrogens (tertiary/aromatic N) is 4. The molecule has 0 aliphatic heterocycles. The lowest BCUT2D eigenvalue weighted by atomic mass is 10.2. The zero-order valence-corrected chi connectivity index (χ0v) is 16.2. The summed E-state index contributed by atoms with van der Waals surface area (Å²) in [7, 11) is 0. The van der Waals surface area contributed by atoms with Crippen molar-refractivity contribution < 1.29 is 9.72 Å². The number of aromatic nitrogens is 3. The fraction of sp³-hybridized carbons (Fsp3) is 0. The lowest BCUT2D eigenvalue weighted by Gasteiger charge is -2.05. The van der Waals surface area contributed by atoms with E-state index in [1.165, 1.54) is 18.2 Å². The minimum absolute atomic E-state index is 0.0738. The monoisotopic (exact) mass is 419 g/mol. The van der Waals surface area contributed by atoms with E-state index in [4.69, 9.17) is 11.6 Å². The van der Waals surface area contributed by atoms with E-state index in [9.17, 15) is 14.9 Å². The van der Waals surface area contributed by atoms with Crippen molar-refractivity contribution in [2.75, 3.05) is 5.32 Å². The molecule has 0 saturated heterocycles. The zero-order valence-electron chi connectivity index (χ0n) is 15.4. The third-order valence-electron chi connectivity index (χ3n) is 4.23. The third-order valence-corrected chi connectivity index (χ3v) is 4.48. The second kappa shape index (κ2) is 8.14. The maximum atomic E-state index is 12.7. The first-order chi connectivity index (χ1) is 14.5. The smallest absolute Gasteiger partial charge is 0.295 e. The van der Waals surface area contributed by atoms with Crippen molar-refractivity contribution in [3.05, 3.63) is 99.8 Å². The van der Waals surface area contributed by atoms with E-state index < -0.39 is 10.8 Å². The Labute approximate surface area is 175 Å². The van der Waals surface area contributed by atoms with Gasteiger partial charge in [0.25, 0.3) is 11.6 Å². The normalized spacial score (nSPS) is 10.6. The van der Waals surface area contributed by atoms with Crippen LogP contribution >= 0.6 is 11.6 Å². The predicted molar refractivity (Wildman–Crippen MR) is 113 cm³/mol. The predicted octanol–water partition coefficient (Wildman–Crippen LogP) is 4.75. The van der Waals surface area contributed by atoms with E-state index in [-0.39, 0.29) is 17.2 Å². The molecule has 0 spiro atoms. The van der Waals surface area contributed by atoms with Crippen LogP contribution in [0.15, 0.2) is 78.9 Å². The summed E-state index contributed by atoms with van der Waals surface area (Å²) in [6, 6.07) is 22.0. The largest absolute Gasteiger partial charge is 0.319 e. The molecule has 8 nitrogen and oxygen atoms in total. The van der Waals surface area contributed by atoms with Gasteiger partial charge in [-0.1, -0.05) is 48.0 Å². The van der Waals surface area contributed by atoms with Gasteiger partial charge in [0.2, 0.25) is 5.82 Å². The molecular weight excluding hydrogens is 406 g/mol. The number of carbonyl (C=O) groups excluding carboxylic acids is 1. The van der Waals surface area contributed by atoms with E-state index in [0.717, 1.165) is 5.56 Å². The van der Waals surface area contributed by atoms with Gasteiger partial charge < -0.3 is 5.32 Å². The Morgan fingerprint density at radius 3 is 2.43 bits per heavy atom. The molecule has 0 bridgehead atoms. The molecule has 4 rings (SSSR count). The maximum Gasteiger partial charge on any atom is 0.295 e. The highest BCUT2D eigenvalue weighted by atomic mass is 35.5. The molecule has 148 valence electrons. The van der Waals surface area contributed by atoms with Gasteiger partial charge >= 0.3 is 0 Å². The molecule has 1 amide bonds. The van der Waals surface area contributed by atoms with Crippen molar-refractivity contribution in [3.8, 4) is 17.1 Å². The number of amides is 1. The topological polar surface area (TPSA) is 103 Å². The van der Waals surface area contributed by atoms with Gasteiger partial charge in [0, 0.05) is 28.4 Å². The standard InChI is InChI=1S/C21H14ClN5O3/c22-15-9-11-17(12-10-15)26-20(14-5-2-1-3-6-14)24-19(25-26)21(28)23-16-7-4-8-18(13-16)27(29)30/h1-13H,(H,23,28). The molecule has 4 aromatic rings. The average molecular weight is 420 g/mol. The third kappa shape index (κ3) is 4.03. The highest BCUT2D eigenvalue weighted by molar-refractivity contribution is 6.30. The van der Waals surface area contributed by atoms with Crippen molar-refractivity contribution in [1.29, 1.82) is 0 Å². The number of non-ortho nitro benzene ring substituents is 1. The van der Waals surface area contributed by atoms with E-state index in [2.05, 4.69) is 15.4 Å². The second-order valence-corrected chi connectivity index (χ2v) is 6.71. The van der Waals surface area contributed by atoms with Gasteiger partial charge in [-0.2, -0.15) is 0 Å². The molecule has 0 fully saturated rings. The molecule has 30 heavy (non-hydrogen) atoms. The summed E-state index contributed by atoms with van der Waals surface area (Å²) in [5.74, 6) is -0.183. The van der Waals surface area contributed by atoms with Gasteiger partial charge in [-0.25, -0.2) is 9.67 Å². The van der Waals surface area contributed by atoms with Gasteiger partial charge in [0.05, 0.1) is 10.6 Å². The summed E-state index contributed by atoms with van der Waals surface area (Å²) >= 11 is 5.98. The van der Waals surface area contributed by atoms with Gasteiger partial charge in [0.1, 0.15) is 0 Å². The fourth-order valence-corrected chi connectivity index (χ4v) is 2.95. The fourth-order valence-electron chi connectivity index (χ4n) is 2.83. The van der Waals surface area contributed by atoms with E-state index in [0.29, 0.717) is 16.5 Å². The van der Waals surface area contributed by atoms with E-state index in [1.807, 2.05) is 30.3 Å². The van der Waals surface area contributed by atoms with Gasteiger partial charge in [0.15, 0.2) is 5.82 Å². The van der Waals surface area contributed by atoms with Crippen molar-refractivity contribution in [1.82, 2.24) is 14.8 Å². The van der Waals surface area contributed by atoms with Crippen LogP contribution < -0.4 is 5.32 Å². The summed E-state index contributed by atoms with van der Waals surface area (Å²) in [4.78, 5) is 27.6. The molecule has 0 unspecified atom stereocenters. The molecule has 0 aliphatic rings. The number of hydrogen-bond acceptors (Lipinski definition) is 5. The van der Waals surface area contributed by atoms with Crippen molar-refractivity contribution in [2.24, 2.45) is 0 Å². The number of anilines is 1. The number of hydrogen-bond donors (Lipinski definition) is 1. The average Bonchev–Trinajstić information content (AvgIpc) is 3.21. The SMILES string of the molecule is O=C(Nc1cccc([N+](=O)[O-])c1)c1nc(-c2ccccc2)n(-c2ccc(Cl)cc2)n1. The summed E-state index contributed by atoms with van der Waals surface area (Å²) in [5.41, 5.74) is 1.60. The minimum Gasteiger partial charge on any atom is -0.319 e. The highest BCUT2D eigenvalue weighted by Gasteiger charge is 2.19. The van der Waals surface area contributed by atoms with Crippen LogP contribution in [0.2, 0.25) is 5.02 Å². The Morgan fingerprint density at radius 1 is 1.00 bits per heavy atom. The number of nitro benzene ring substituents is 1. The number of carbonyl (C=O) groups is 1. The van der Waals surface area contributed by atoms with E-state index in [1.54, 1.807) is 35.0 Å². The van der Waals surface area contributed by atoms with Crippen LogP contribution in [0.5, 0.6) is 0 Å². The Kier molecular flexibility index (Phi) is 5.23. The van der Waals surface area contributed by atoms with Crippen molar-refractivity contribution in [2.45, 2.75) is 0 Å². The summed E-state index contributed by atoms with van der Waals surface area (Å²) in [6.07, 6.45) is 0. The van der Waals surface area contributed by atoms with Crippen LogP contribution in [0.3, 0.4) is 0 Å². The number of halogens is 1. The van der Waals surface area contributed by atoms with Crippen LogP contribution in [0.4, 0.5) is 11.4 Å². The quantitative estimate of drug-likeness (QED) is 0.371.